The number of hydrogen-bond acceptors (Lipinski definition) is 3. The Kier molecular flexibility index (Phi) is 6.05. The van der Waals surface area contributed by atoms with Crippen molar-refractivity contribution >= 4 is 5.91 Å². The molecule has 1 unspecified atom stereocenters. The van der Waals surface area contributed by atoms with Crippen molar-refractivity contribution < 1.29 is 4.79 Å². The fourth-order valence-corrected chi connectivity index (χ4v) is 3.66. The van der Waals surface area contributed by atoms with Crippen molar-refractivity contribution in [2.45, 2.75) is 70.8 Å². The Bertz CT molecular complexity index is 374. The van der Waals surface area contributed by atoms with Crippen LogP contribution in [0.15, 0.2) is 0 Å². The Hall–Kier alpha value is -1.08. The number of hydrogen-bond donors (Lipinski definition) is 1. The highest BCUT2D eigenvalue weighted by Crippen LogP contribution is 2.34. The lowest BCUT2D eigenvalue weighted by molar-refractivity contribution is -0.129. The predicted molar refractivity (Wildman–Crippen MR) is 83.6 cm³/mol. The molecule has 1 aliphatic carbocycles. The topological polar surface area (TPSA) is 56.1 Å². The van der Waals surface area contributed by atoms with E-state index in [1.807, 2.05) is 0 Å². The summed E-state index contributed by atoms with van der Waals surface area (Å²) in [4.78, 5) is 15.0. The van der Waals surface area contributed by atoms with Crippen LogP contribution < -0.4 is 5.32 Å². The maximum absolute atomic E-state index is 12.6. The molecule has 1 heterocycles. The van der Waals surface area contributed by atoms with E-state index in [1.54, 1.807) is 0 Å². The van der Waals surface area contributed by atoms with E-state index < -0.39 is 5.41 Å². The van der Waals surface area contributed by atoms with Gasteiger partial charge in [-0.3, -0.25) is 4.79 Å². The van der Waals surface area contributed by atoms with Gasteiger partial charge < -0.3 is 10.2 Å². The number of rotatable bonds is 4. The second-order valence-electron chi connectivity index (χ2n) is 6.84. The molecule has 0 bridgehead atoms. The Morgan fingerprint density at radius 2 is 1.71 bits per heavy atom. The minimum absolute atomic E-state index is 0.0311. The highest BCUT2D eigenvalue weighted by atomic mass is 16.2. The number of nitrogens with zero attached hydrogens (tertiary/aromatic N) is 2. The van der Waals surface area contributed by atoms with Gasteiger partial charge in [-0.15, -0.1) is 0 Å². The quantitative estimate of drug-likeness (QED) is 0.810. The molecule has 1 atom stereocenters. The predicted octanol–water partition coefficient (Wildman–Crippen LogP) is 2.84. The molecular weight excluding hydrogens is 262 g/mol. The van der Waals surface area contributed by atoms with E-state index >= 15 is 0 Å². The first-order valence-electron chi connectivity index (χ1n) is 8.61. The fourth-order valence-electron chi connectivity index (χ4n) is 3.66. The molecule has 0 aromatic rings. The van der Waals surface area contributed by atoms with Crippen LogP contribution in [0.4, 0.5) is 0 Å². The van der Waals surface area contributed by atoms with Crippen LogP contribution in [0.1, 0.15) is 64.7 Å². The first kappa shape index (κ1) is 16.3. The molecule has 1 saturated carbocycles. The molecule has 21 heavy (non-hydrogen) atoms. The van der Waals surface area contributed by atoms with Gasteiger partial charge in [-0.1, -0.05) is 32.1 Å². The summed E-state index contributed by atoms with van der Waals surface area (Å²) in [5.74, 6) is -0.0311. The molecule has 2 aliphatic rings. The van der Waals surface area contributed by atoms with Crippen molar-refractivity contribution in [1.82, 2.24) is 10.2 Å². The maximum atomic E-state index is 12.6. The SMILES string of the molecule is CC(CN1CCCCC1)NC(=O)C1(C#N)CCCCCC1. The largest absolute Gasteiger partial charge is 0.351 e. The number of amides is 1. The number of nitriles is 1. The van der Waals surface area contributed by atoms with Crippen molar-refractivity contribution in [2.24, 2.45) is 5.41 Å². The van der Waals surface area contributed by atoms with Crippen LogP contribution in [0.2, 0.25) is 0 Å². The number of carbonyl (C=O) groups excluding carboxylic acids is 1. The Labute approximate surface area is 128 Å². The molecule has 1 amide bonds. The molecule has 2 fully saturated rings. The van der Waals surface area contributed by atoms with Gasteiger partial charge in [0, 0.05) is 12.6 Å². The van der Waals surface area contributed by atoms with Gasteiger partial charge in [-0.2, -0.15) is 5.26 Å². The third kappa shape index (κ3) is 4.44. The van der Waals surface area contributed by atoms with Gasteiger partial charge in [0.25, 0.3) is 0 Å². The highest BCUT2D eigenvalue weighted by molar-refractivity contribution is 5.85. The molecule has 0 aromatic heterocycles. The number of piperidine rings is 1. The zero-order valence-electron chi connectivity index (χ0n) is 13.4. The van der Waals surface area contributed by atoms with E-state index in [4.69, 9.17) is 0 Å². The van der Waals surface area contributed by atoms with Gasteiger partial charge in [0.1, 0.15) is 5.41 Å². The summed E-state index contributed by atoms with van der Waals surface area (Å²) in [6, 6.07) is 2.47. The molecule has 2 rings (SSSR count). The van der Waals surface area contributed by atoms with Gasteiger partial charge in [0.05, 0.1) is 6.07 Å². The third-order valence-electron chi connectivity index (χ3n) is 4.96. The summed E-state index contributed by atoms with van der Waals surface area (Å²) in [6.07, 6.45) is 9.63. The Morgan fingerprint density at radius 1 is 1.14 bits per heavy atom. The van der Waals surface area contributed by atoms with E-state index in [0.717, 1.165) is 58.2 Å². The average Bonchev–Trinajstić information content (AvgIpc) is 2.74. The van der Waals surface area contributed by atoms with Gasteiger partial charge in [-0.25, -0.2) is 0 Å². The normalized spacial score (nSPS) is 24.6. The van der Waals surface area contributed by atoms with E-state index in [-0.39, 0.29) is 11.9 Å². The van der Waals surface area contributed by atoms with Gasteiger partial charge in [0.15, 0.2) is 0 Å². The van der Waals surface area contributed by atoms with E-state index in [9.17, 15) is 10.1 Å². The molecular formula is C17H29N3O. The number of likely N-dealkylation sites (tertiary alicyclic amines) is 1. The second kappa shape index (κ2) is 7.79. The minimum atomic E-state index is -0.771. The molecule has 4 heteroatoms. The third-order valence-corrected chi connectivity index (χ3v) is 4.96. The van der Waals surface area contributed by atoms with Gasteiger partial charge >= 0.3 is 0 Å². The monoisotopic (exact) mass is 291 g/mol. The lowest BCUT2D eigenvalue weighted by Gasteiger charge is -2.31. The first-order valence-corrected chi connectivity index (χ1v) is 8.61. The molecule has 1 saturated heterocycles. The molecule has 0 radical (unpaired) electrons. The zero-order valence-corrected chi connectivity index (χ0v) is 13.4. The van der Waals surface area contributed by atoms with Crippen molar-refractivity contribution in [1.29, 1.82) is 5.26 Å². The van der Waals surface area contributed by atoms with Crippen molar-refractivity contribution in [3.63, 3.8) is 0 Å². The van der Waals surface area contributed by atoms with Crippen LogP contribution in [0.5, 0.6) is 0 Å². The molecule has 118 valence electrons. The van der Waals surface area contributed by atoms with Crippen LogP contribution in [-0.4, -0.2) is 36.5 Å². The number of nitrogens with one attached hydrogen (secondary N) is 1. The van der Waals surface area contributed by atoms with E-state index in [2.05, 4.69) is 23.2 Å². The van der Waals surface area contributed by atoms with Crippen molar-refractivity contribution in [3.8, 4) is 6.07 Å². The highest BCUT2D eigenvalue weighted by Gasteiger charge is 2.39. The molecule has 0 aromatic carbocycles. The average molecular weight is 291 g/mol. The van der Waals surface area contributed by atoms with Crippen molar-refractivity contribution in [2.75, 3.05) is 19.6 Å². The summed E-state index contributed by atoms with van der Waals surface area (Å²) in [5, 5.41) is 12.7. The van der Waals surface area contributed by atoms with Crippen molar-refractivity contribution in [3.05, 3.63) is 0 Å². The summed E-state index contributed by atoms with van der Waals surface area (Å²) in [5.41, 5.74) is -0.771. The first-order chi connectivity index (χ1) is 10.2. The van der Waals surface area contributed by atoms with Crippen LogP contribution in [0.3, 0.4) is 0 Å². The molecule has 1 aliphatic heterocycles. The van der Waals surface area contributed by atoms with Crippen LogP contribution in [-0.2, 0) is 4.79 Å². The summed E-state index contributed by atoms with van der Waals surface area (Å²) in [6.45, 7) is 5.26. The Balaban J connectivity index is 1.87. The Morgan fingerprint density at radius 3 is 2.29 bits per heavy atom. The number of carbonyl (C=O) groups is 1. The van der Waals surface area contributed by atoms with Gasteiger partial charge in [0.2, 0.25) is 5.91 Å². The van der Waals surface area contributed by atoms with Crippen LogP contribution in [0.25, 0.3) is 0 Å². The molecule has 0 spiro atoms. The zero-order chi connectivity index (χ0) is 15.1. The standard InChI is InChI=1S/C17H29N3O/c1-15(13-20-11-7-4-8-12-20)19-16(21)17(14-18)9-5-2-3-6-10-17/h15H,2-13H2,1H3,(H,19,21). The van der Waals surface area contributed by atoms with Crippen LogP contribution >= 0.6 is 0 Å². The lowest BCUT2D eigenvalue weighted by Crippen LogP contribution is -2.48. The lowest BCUT2D eigenvalue weighted by atomic mass is 9.81. The minimum Gasteiger partial charge on any atom is -0.351 e. The van der Waals surface area contributed by atoms with Crippen LogP contribution in [0, 0.1) is 16.7 Å². The summed E-state index contributed by atoms with van der Waals surface area (Å²) in [7, 11) is 0. The van der Waals surface area contributed by atoms with E-state index in [1.165, 1.54) is 19.3 Å². The maximum Gasteiger partial charge on any atom is 0.240 e. The van der Waals surface area contributed by atoms with E-state index in [0.29, 0.717) is 0 Å². The summed E-state index contributed by atoms with van der Waals surface area (Å²) < 4.78 is 0. The molecule has 4 nitrogen and oxygen atoms in total. The molecule has 1 N–H and O–H groups in total. The fraction of sp³-hybridized carbons (Fsp3) is 0.882. The van der Waals surface area contributed by atoms with Gasteiger partial charge in [-0.05, 0) is 45.7 Å². The smallest absolute Gasteiger partial charge is 0.240 e. The summed E-state index contributed by atoms with van der Waals surface area (Å²) >= 11 is 0. The second-order valence-corrected chi connectivity index (χ2v) is 6.84.